The topological polar surface area (TPSA) is 9.23 Å². The molecule has 4 rings (SSSR count). The van der Waals surface area contributed by atoms with Crippen LogP contribution in [-0.2, 0) is 11.3 Å². The van der Waals surface area contributed by atoms with Gasteiger partial charge < -0.3 is 4.74 Å². The molecule has 0 unspecified atom stereocenters. The van der Waals surface area contributed by atoms with Crippen LogP contribution in [0.5, 0.6) is 0 Å². The Hall–Kier alpha value is -2.71. The molecule has 1 aliphatic carbocycles. The van der Waals surface area contributed by atoms with Gasteiger partial charge in [0, 0.05) is 12.7 Å². The third-order valence-electron chi connectivity index (χ3n) is 6.49. The largest absolute Gasteiger partial charge is 0.380 e. The van der Waals surface area contributed by atoms with E-state index in [0.717, 1.165) is 22.6 Å². The van der Waals surface area contributed by atoms with Crippen molar-refractivity contribution in [1.29, 1.82) is 0 Å². The fourth-order valence-electron chi connectivity index (χ4n) is 4.76. The van der Waals surface area contributed by atoms with Crippen LogP contribution >= 0.6 is 0 Å². The number of allylic oxidation sites excluding steroid dienone is 2. The number of rotatable bonds is 6. The van der Waals surface area contributed by atoms with E-state index in [0.29, 0.717) is 18.1 Å². The number of benzene rings is 3. The molecule has 1 fully saturated rings. The number of halogens is 1. The van der Waals surface area contributed by atoms with Crippen LogP contribution in [0.1, 0.15) is 49.7 Å². The molecule has 0 N–H and O–H groups in total. The second-order valence-electron chi connectivity index (χ2n) is 8.58. The van der Waals surface area contributed by atoms with Gasteiger partial charge in [0.15, 0.2) is 0 Å². The minimum atomic E-state index is -0.212. The van der Waals surface area contributed by atoms with Gasteiger partial charge in [-0.25, -0.2) is 4.39 Å². The number of hydrogen-bond acceptors (Lipinski definition) is 1. The van der Waals surface area contributed by atoms with Crippen LogP contribution in [-0.4, -0.2) is 7.11 Å². The quantitative estimate of drug-likeness (QED) is 0.370. The summed E-state index contributed by atoms with van der Waals surface area (Å²) in [6, 6.07) is 22.5. The van der Waals surface area contributed by atoms with Crippen molar-refractivity contribution in [2.45, 2.75) is 45.1 Å². The van der Waals surface area contributed by atoms with E-state index in [9.17, 15) is 4.39 Å². The van der Waals surface area contributed by atoms with Crippen molar-refractivity contribution in [3.8, 4) is 22.3 Å². The van der Waals surface area contributed by atoms with Crippen LogP contribution in [0.15, 0.2) is 78.9 Å². The minimum Gasteiger partial charge on any atom is -0.380 e. The summed E-state index contributed by atoms with van der Waals surface area (Å²) >= 11 is 0. The molecule has 0 aliphatic heterocycles. The highest BCUT2D eigenvalue weighted by Gasteiger charge is 2.20. The van der Waals surface area contributed by atoms with Crippen LogP contribution in [0.4, 0.5) is 4.39 Å². The average molecular weight is 415 g/mol. The van der Waals surface area contributed by atoms with Gasteiger partial charge >= 0.3 is 0 Å². The smallest absolute Gasteiger partial charge is 0.131 e. The number of hydrogen-bond donors (Lipinski definition) is 0. The predicted molar refractivity (Wildman–Crippen MR) is 127 cm³/mol. The fourth-order valence-corrected chi connectivity index (χ4v) is 4.76. The average Bonchev–Trinajstić information content (AvgIpc) is 2.81. The first-order chi connectivity index (χ1) is 15.2. The van der Waals surface area contributed by atoms with E-state index in [1.807, 2.05) is 24.3 Å². The van der Waals surface area contributed by atoms with Crippen molar-refractivity contribution in [2.75, 3.05) is 7.11 Å². The Labute approximate surface area is 185 Å². The molecule has 31 heavy (non-hydrogen) atoms. The first-order valence-corrected chi connectivity index (χ1v) is 11.3. The van der Waals surface area contributed by atoms with Gasteiger partial charge in [0.25, 0.3) is 0 Å². The molecular weight excluding hydrogens is 383 g/mol. The van der Waals surface area contributed by atoms with Crippen LogP contribution in [0.2, 0.25) is 0 Å². The van der Waals surface area contributed by atoms with Crippen molar-refractivity contribution >= 4 is 0 Å². The second kappa shape index (κ2) is 10.1. The lowest BCUT2D eigenvalue weighted by molar-refractivity contribution is 0.184. The van der Waals surface area contributed by atoms with E-state index in [1.165, 1.54) is 36.8 Å². The molecule has 160 valence electrons. The first kappa shape index (κ1) is 21.5. The zero-order valence-corrected chi connectivity index (χ0v) is 18.5. The molecule has 1 aliphatic rings. The van der Waals surface area contributed by atoms with Crippen LogP contribution in [0.25, 0.3) is 22.3 Å². The third kappa shape index (κ3) is 5.14. The summed E-state index contributed by atoms with van der Waals surface area (Å²) in [5.41, 5.74) is 6.17. The van der Waals surface area contributed by atoms with Gasteiger partial charge in [0.2, 0.25) is 0 Å². The molecular formula is C29H31FO. The lowest BCUT2D eigenvalue weighted by atomic mass is 9.78. The molecule has 3 aromatic carbocycles. The predicted octanol–water partition coefficient (Wildman–Crippen LogP) is 8.16. The molecule has 0 heterocycles. The maximum absolute atomic E-state index is 14.5. The zero-order chi connectivity index (χ0) is 21.6. The van der Waals surface area contributed by atoms with Gasteiger partial charge in [-0.15, -0.1) is 0 Å². The van der Waals surface area contributed by atoms with E-state index < -0.39 is 0 Å². The van der Waals surface area contributed by atoms with E-state index in [4.69, 9.17) is 4.74 Å². The summed E-state index contributed by atoms with van der Waals surface area (Å²) in [5, 5.41) is 0. The summed E-state index contributed by atoms with van der Waals surface area (Å²) in [7, 11) is 1.62. The molecule has 0 aromatic heterocycles. The summed E-state index contributed by atoms with van der Waals surface area (Å²) in [6.45, 7) is 2.54. The van der Waals surface area contributed by atoms with Crippen molar-refractivity contribution in [3.05, 3.63) is 95.8 Å². The third-order valence-corrected chi connectivity index (χ3v) is 6.49. The normalized spacial score (nSPS) is 19.1. The van der Waals surface area contributed by atoms with Crippen molar-refractivity contribution in [3.63, 3.8) is 0 Å². The summed E-state index contributed by atoms with van der Waals surface area (Å²) in [4.78, 5) is 0. The van der Waals surface area contributed by atoms with Crippen LogP contribution < -0.4 is 0 Å². The van der Waals surface area contributed by atoms with Gasteiger partial charge in [0.05, 0.1) is 6.61 Å². The highest BCUT2D eigenvalue weighted by molar-refractivity contribution is 5.71. The summed E-state index contributed by atoms with van der Waals surface area (Å²) in [6.07, 6.45) is 9.69. The Kier molecular flexibility index (Phi) is 6.99. The van der Waals surface area contributed by atoms with Crippen LogP contribution in [0, 0.1) is 11.7 Å². The Morgan fingerprint density at radius 2 is 1.45 bits per heavy atom. The standard InChI is InChI=1S/C29H31FO/c1-3-4-21-5-8-23(9-6-21)24-10-12-25(13-11-24)26-14-16-27(17-15-26)28-18-7-22(20-31-2)19-29(28)30/h3-4,7,10-19,21,23H,5-6,8-9,20H2,1-2H3/t21-,23-. The van der Waals surface area contributed by atoms with Gasteiger partial charge in [0.1, 0.15) is 5.82 Å². The fraction of sp³-hybridized carbons (Fsp3) is 0.310. The summed E-state index contributed by atoms with van der Waals surface area (Å²) < 4.78 is 19.6. The summed E-state index contributed by atoms with van der Waals surface area (Å²) in [5.74, 6) is 1.23. The number of ether oxygens (including phenoxy) is 1. The van der Waals surface area contributed by atoms with E-state index >= 15 is 0 Å². The van der Waals surface area contributed by atoms with Gasteiger partial charge in [-0.05, 0) is 78.3 Å². The lowest BCUT2D eigenvalue weighted by Crippen LogP contribution is -2.11. The zero-order valence-electron chi connectivity index (χ0n) is 18.5. The molecule has 0 atom stereocenters. The first-order valence-electron chi connectivity index (χ1n) is 11.3. The highest BCUT2D eigenvalue weighted by atomic mass is 19.1. The molecule has 3 aromatic rings. The molecule has 0 bridgehead atoms. The lowest BCUT2D eigenvalue weighted by Gasteiger charge is -2.27. The Morgan fingerprint density at radius 3 is 2.03 bits per heavy atom. The number of methoxy groups -OCH3 is 1. The molecule has 0 radical (unpaired) electrons. The SMILES string of the molecule is CC=C[C@H]1CC[C@H](c2ccc(-c3ccc(-c4ccc(COC)cc4F)cc3)cc2)CC1. The molecule has 2 heteroatoms. The van der Waals surface area contributed by atoms with Crippen molar-refractivity contribution in [1.82, 2.24) is 0 Å². The monoisotopic (exact) mass is 414 g/mol. The maximum atomic E-state index is 14.5. The van der Waals surface area contributed by atoms with Crippen LogP contribution in [0.3, 0.4) is 0 Å². The second-order valence-corrected chi connectivity index (χ2v) is 8.58. The Balaban J connectivity index is 1.45. The molecule has 1 nitrogen and oxygen atoms in total. The van der Waals surface area contributed by atoms with Gasteiger partial charge in [-0.2, -0.15) is 0 Å². The maximum Gasteiger partial charge on any atom is 0.131 e. The van der Waals surface area contributed by atoms with Crippen molar-refractivity contribution < 1.29 is 9.13 Å². The molecule has 1 saturated carbocycles. The van der Waals surface area contributed by atoms with Gasteiger partial charge in [-0.1, -0.05) is 72.8 Å². The van der Waals surface area contributed by atoms with E-state index in [2.05, 4.69) is 55.5 Å². The Bertz CT molecular complexity index is 1010. The van der Waals surface area contributed by atoms with Crippen molar-refractivity contribution in [2.24, 2.45) is 5.92 Å². The minimum absolute atomic E-state index is 0.212. The highest BCUT2D eigenvalue weighted by Crippen LogP contribution is 2.37. The van der Waals surface area contributed by atoms with Gasteiger partial charge in [-0.3, -0.25) is 0 Å². The van der Waals surface area contributed by atoms with E-state index in [1.54, 1.807) is 13.2 Å². The molecule has 0 spiro atoms. The molecule has 0 amide bonds. The Morgan fingerprint density at radius 1 is 0.839 bits per heavy atom. The van der Waals surface area contributed by atoms with E-state index in [-0.39, 0.29) is 5.82 Å². The molecule has 0 saturated heterocycles.